The van der Waals surface area contributed by atoms with Crippen molar-refractivity contribution in [3.8, 4) is 0 Å². The lowest BCUT2D eigenvalue weighted by atomic mass is 10.4. The second kappa shape index (κ2) is 5.65. The van der Waals surface area contributed by atoms with Crippen LogP contribution < -0.4 is 4.72 Å². The predicted molar refractivity (Wildman–Crippen MR) is 64.1 cm³/mol. The molecule has 0 atom stereocenters. The van der Waals surface area contributed by atoms with Crippen molar-refractivity contribution >= 4 is 21.6 Å². The molecule has 92 valence electrons. The second-order valence-corrected chi connectivity index (χ2v) is 5.98. The topological polar surface area (TPSA) is 64.0 Å². The zero-order chi connectivity index (χ0) is 12.2. The van der Waals surface area contributed by atoms with Crippen LogP contribution in [0.5, 0.6) is 0 Å². The van der Waals surface area contributed by atoms with Gasteiger partial charge in [0.1, 0.15) is 0 Å². The second-order valence-electron chi connectivity index (χ2n) is 3.48. The van der Waals surface area contributed by atoms with Gasteiger partial charge in [-0.1, -0.05) is 11.6 Å². The highest BCUT2D eigenvalue weighted by Crippen LogP contribution is 2.11. The Hall–Kier alpha value is -0.590. The normalized spacial score (nSPS) is 11.9. The standard InChI is InChI=1S/C9H16ClN3O2S/c1-3-16(14,15)11-5-4-6-13-7-9(10)8(2)12-13/h7,11H,3-6H2,1-2H3. The minimum atomic E-state index is -3.08. The van der Waals surface area contributed by atoms with Crippen LogP contribution >= 0.6 is 11.6 Å². The van der Waals surface area contributed by atoms with Crippen molar-refractivity contribution in [3.63, 3.8) is 0 Å². The summed E-state index contributed by atoms with van der Waals surface area (Å²) < 4.78 is 26.4. The zero-order valence-electron chi connectivity index (χ0n) is 9.40. The van der Waals surface area contributed by atoms with Crippen LogP contribution in [-0.4, -0.2) is 30.5 Å². The van der Waals surface area contributed by atoms with Gasteiger partial charge in [0, 0.05) is 19.3 Å². The van der Waals surface area contributed by atoms with Crippen LogP contribution in [0.15, 0.2) is 6.20 Å². The minimum absolute atomic E-state index is 0.111. The third-order valence-corrected chi connectivity index (χ3v) is 3.93. The Kier molecular flexibility index (Phi) is 4.76. The van der Waals surface area contributed by atoms with Crippen LogP contribution in [0.1, 0.15) is 19.0 Å². The Morgan fingerprint density at radius 2 is 2.25 bits per heavy atom. The van der Waals surface area contributed by atoms with Gasteiger partial charge in [0.05, 0.1) is 16.5 Å². The van der Waals surface area contributed by atoms with Gasteiger partial charge in [-0.25, -0.2) is 13.1 Å². The molecule has 1 N–H and O–H groups in total. The van der Waals surface area contributed by atoms with Gasteiger partial charge in [-0.2, -0.15) is 5.10 Å². The van der Waals surface area contributed by atoms with Crippen molar-refractivity contribution in [3.05, 3.63) is 16.9 Å². The van der Waals surface area contributed by atoms with Gasteiger partial charge in [0.2, 0.25) is 10.0 Å². The van der Waals surface area contributed by atoms with Crippen LogP contribution in [0.3, 0.4) is 0 Å². The highest BCUT2D eigenvalue weighted by Gasteiger charge is 2.05. The average molecular weight is 266 g/mol. The fraction of sp³-hybridized carbons (Fsp3) is 0.667. The monoisotopic (exact) mass is 265 g/mol. The summed E-state index contributed by atoms with van der Waals surface area (Å²) in [6.07, 6.45) is 2.43. The van der Waals surface area contributed by atoms with Crippen molar-refractivity contribution in [2.24, 2.45) is 0 Å². The molecule has 1 rings (SSSR count). The summed E-state index contributed by atoms with van der Waals surface area (Å²) >= 11 is 5.84. The van der Waals surface area contributed by atoms with Crippen molar-refractivity contribution in [2.45, 2.75) is 26.8 Å². The third-order valence-electron chi connectivity index (χ3n) is 2.15. The molecule has 0 aliphatic rings. The molecule has 0 aromatic carbocycles. The van der Waals surface area contributed by atoms with Gasteiger partial charge in [0.25, 0.3) is 0 Å². The first-order chi connectivity index (χ1) is 7.44. The van der Waals surface area contributed by atoms with E-state index in [2.05, 4.69) is 9.82 Å². The van der Waals surface area contributed by atoms with E-state index in [9.17, 15) is 8.42 Å². The predicted octanol–water partition coefficient (Wildman–Crippen LogP) is 1.17. The zero-order valence-corrected chi connectivity index (χ0v) is 11.0. The number of sulfonamides is 1. The molecule has 1 aromatic rings. The third kappa shape index (κ3) is 4.11. The number of rotatable bonds is 6. The molecular weight excluding hydrogens is 250 g/mol. The fourth-order valence-electron chi connectivity index (χ4n) is 1.18. The molecule has 0 fully saturated rings. The number of hydrogen-bond acceptors (Lipinski definition) is 3. The molecule has 0 bridgehead atoms. The van der Waals surface area contributed by atoms with Gasteiger partial charge in [-0.3, -0.25) is 4.68 Å². The molecule has 0 unspecified atom stereocenters. The number of nitrogens with one attached hydrogen (secondary N) is 1. The van der Waals surface area contributed by atoms with Gasteiger partial charge in [-0.05, 0) is 20.3 Å². The Balaban J connectivity index is 2.31. The quantitative estimate of drug-likeness (QED) is 0.786. The lowest BCUT2D eigenvalue weighted by molar-refractivity contribution is 0.552. The summed E-state index contributed by atoms with van der Waals surface area (Å²) in [4.78, 5) is 0. The summed E-state index contributed by atoms with van der Waals surface area (Å²) in [5, 5.41) is 4.81. The largest absolute Gasteiger partial charge is 0.271 e. The molecule has 1 heterocycles. The number of halogens is 1. The highest BCUT2D eigenvalue weighted by atomic mass is 35.5. The molecule has 7 heteroatoms. The summed E-state index contributed by atoms with van der Waals surface area (Å²) in [5.41, 5.74) is 0.788. The first kappa shape index (κ1) is 13.5. The Bertz CT molecular complexity index is 422. The van der Waals surface area contributed by atoms with E-state index in [0.29, 0.717) is 24.5 Å². The van der Waals surface area contributed by atoms with E-state index in [1.165, 1.54) is 0 Å². The van der Waals surface area contributed by atoms with Gasteiger partial charge in [-0.15, -0.1) is 0 Å². The Morgan fingerprint density at radius 1 is 1.56 bits per heavy atom. The van der Waals surface area contributed by atoms with Gasteiger partial charge in [0.15, 0.2) is 0 Å². The summed E-state index contributed by atoms with van der Waals surface area (Å²) in [5.74, 6) is 0.111. The van der Waals surface area contributed by atoms with Crippen molar-refractivity contribution in [2.75, 3.05) is 12.3 Å². The maximum absolute atomic E-state index is 11.1. The van der Waals surface area contributed by atoms with E-state index >= 15 is 0 Å². The van der Waals surface area contributed by atoms with E-state index in [1.54, 1.807) is 17.8 Å². The molecule has 0 saturated heterocycles. The molecule has 1 aromatic heterocycles. The average Bonchev–Trinajstić information content (AvgIpc) is 2.54. The van der Waals surface area contributed by atoms with E-state index in [-0.39, 0.29) is 5.75 Å². The van der Waals surface area contributed by atoms with Crippen molar-refractivity contribution in [1.82, 2.24) is 14.5 Å². The lowest BCUT2D eigenvalue weighted by Crippen LogP contribution is -2.26. The fourth-order valence-corrected chi connectivity index (χ4v) is 1.99. The van der Waals surface area contributed by atoms with Crippen LogP contribution in [0, 0.1) is 6.92 Å². The SMILES string of the molecule is CCS(=O)(=O)NCCCn1cc(Cl)c(C)n1. The molecule has 0 radical (unpaired) electrons. The highest BCUT2D eigenvalue weighted by molar-refractivity contribution is 7.89. The Morgan fingerprint density at radius 3 is 2.75 bits per heavy atom. The maximum atomic E-state index is 11.1. The van der Waals surface area contributed by atoms with Gasteiger partial charge >= 0.3 is 0 Å². The van der Waals surface area contributed by atoms with Crippen molar-refractivity contribution in [1.29, 1.82) is 0 Å². The van der Waals surface area contributed by atoms with Crippen LogP contribution in [0.2, 0.25) is 5.02 Å². The first-order valence-corrected chi connectivity index (χ1v) is 7.14. The minimum Gasteiger partial charge on any atom is -0.271 e. The van der Waals surface area contributed by atoms with Crippen LogP contribution in [0.4, 0.5) is 0 Å². The van der Waals surface area contributed by atoms with Crippen LogP contribution in [0.25, 0.3) is 0 Å². The van der Waals surface area contributed by atoms with Crippen molar-refractivity contribution < 1.29 is 8.42 Å². The molecule has 0 aliphatic heterocycles. The lowest BCUT2D eigenvalue weighted by Gasteiger charge is -2.04. The smallest absolute Gasteiger partial charge is 0.211 e. The maximum Gasteiger partial charge on any atom is 0.211 e. The molecule has 0 aliphatic carbocycles. The molecule has 16 heavy (non-hydrogen) atoms. The molecule has 5 nitrogen and oxygen atoms in total. The molecule has 0 spiro atoms. The summed E-state index contributed by atoms with van der Waals surface area (Å²) in [6.45, 7) is 4.52. The number of aryl methyl sites for hydroxylation is 2. The first-order valence-electron chi connectivity index (χ1n) is 5.11. The Labute approximate surface area is 101 Å². The van der Waals surface area contributed by atoms with E-state index in [1.807, 2.05) is 6.92 Å². The molecular formula is C9H16ClN3O2S. The summed E-state index contributed by atoms with van der Waals surface area (Å²) in [6, 6.07) is 0. The van der Waals surface area contributed by atoms with E-state index < -0.39 is 10.0 Å². The van der Waals surface area contributed by atoms with Gasteiger partial charge < -0.3 is 0 Å². The molecule has 0 saturated carbocycles. The number of nitrogens with zero attached hydrogens (tertiary/aromatic N) is 2. The van der Waals surface area contributed by atoms with Crippen LogP contribution in [-0.2, 0) is 16.6 Å². The number of aromatic nitrogens is 2. The summed E-state index contributed by atoms with van der Waals surface area (Å²) in [7, 11) is -3.08. The molecule has 0 amide bonds. The van der Waals surface area contributed by atoms with E-state index in [0.717, 1.165) is 5.69 Å². The number of hydrogen-bond donors (Lipinski definition) is 1. The van der Waals surface area contributed by atoms with E-state index in [4.69, 9.17) is 11.6 Å².